The molecule has 1 heterocycles. The van der Waals surface area contributed by atoms with Gasteiger partial charge in [-0.05, 0) is 48.0 Å². The van der Waals surface area contributed by atoms with Crippen LogP contribution in [0.5, 0.6) is 17.2 Å². The zero-order valence-electron chi connectivity index (χ0n) is 15.2. The number of methoxy groups -OCH3 is 1. The van der Waals surface area contributed by atoms with Gasteiger partial charge in [0.25, 0.3) is 0 Å². The van der Waals surface area contributed by atoms with Gasteiger partial charge in [-0.3, -0.25) is 9.69 Å². The third kappa shape index (κ3) is 3.81. The molecule has 1 aliphatic heterocycles. The van der Waals surface area contributed by atoms with Crippen LogP contribution < -0.4 is 14.4 Å². The summed E-state index contributed by atoms with van der Waals surface area (Å²) in [5.41, 5.74) is 1.75. The molecule has 0 saturated carbocycles. The highest BCUT2D eigenvalue weighted by Gasteiger charge is 2.34. The summed E-state index contributed by atoms with van der Waals surface area (Å²) in [6, 6.07) is 22.9. The highest BCUT2D eigenvalue weighted by atomic mass is 35.5. The minimum Gasteiger partial charge on any atom is -0.495 e. The Hall–Kier alpha value is -2.63. The minimum absolute atomic E-state index is 0.0469. The molecule has 6 heteroatoms. The van der Waals surface area contributed by atoms with E-state index < -0.39 is 0 Å². The first-order chi connectivity index (χ1) is 13.7. The van der Waals surface area contributed by atoms with E-state index in [1.54, 1.807) is 35.9 Å². The second-order valence-electron chi connectivity index (χ2n) is 6.23. The molecule has 0 spiro atoms. The van der Waals surface area contributed by atoms with Gasteiger partial charge < -0.3 is 9.47 Å². The highest BCUT2D eigenvalue weighted by molar-refractivity contribution is 8.00. The van der Waals surface area contributed by atoms with Crippen LogP contribution in [0.3, 0.4) is 0 Å². The third-order valence-electron chi connectivity index (χ3n) is 4.40. The van der Waals surface area contributed by atoms with Gasteiger partial charge in [0.2, 0.25) is 5.91 Å². The van der Waals surface area contributed by atoms with Crippen molar-refractivity contribution < 1.29 is 14.3 Å². The second-order valence-corrected chi connectivity index (χ2v) is 7.71. The molecule has 1 saturated heterocycles. The number of thioether (sulfide) groups is 1. The Morgan fingerprint density at radius 3 is 2.54 bits per heavy atom. The van der Waals surface area contributed by atoms with Crippen LogP contribution in [0.1, 0.15) is 10.9 Å². The Bertz CT molecular complexity index is 996. The standard InChI is InChI=1S/C22H18ClNO3S/c1-26-20-11-10-16(13-19(20)23)24-21(25)14-28-22(24)15-6-5-9-18(12-15)27-17-7-3-2-4-8-17/h2-13,22H,14H2,1H3/t22-/m0/s1. The van der Waals surface area contributed by atoms with Crippen molar-refractivity contribution in [1.82, 2.24) is 0 Å². The molecule has 3 aromatic rings. The maximum Gasteiger partial charge on any atom is 0.238 e. The normalized spacial score (nSPS) is 16.3. The van der Waals surface area contributed by atoms with E-state index >= 15 is 0 Å². The van der Waals surface area contributed by atoms with Crippen LogP contribution in [0.25, 0.3) is 0 Å². The third-order valence-corrected chi connectivity index (χ3v) is 5.91. The van der Waals surface area contributed by atoms with Crippen LogP contribution in [0.2, 0.25) is 5.02 Å². The number of nitrogens with zero attached hydrogens (tertiary/aromatic N) is 1. The Balaban J connectivity index is 1.63. The Kier molecular flexibility index (Phi) is 5.46. The molecule has 1 amide bonds. The van der Waals surface area contributed by atoms with Gasteiger partial charge in [-0.25, -0.2) is 0 Å². The van der Waals surface area contributed by atoms with Crippen LogP contribution >= 0.6 is 23.4 Å². The average molecular weight is 412 g/mol. The Morgan fingerprint density at radius 1 is 1.00 bits per heavy atom. The van der Waals surface area contributed by atoms with Crippen molar-refractivity contribution in [3.63, 3.8) is 0 Å². The molecule has 1 atom stereocenters. The molecule has 1 fully saturated rings. The predicted molar refractivity (Wildman–Crippen MR) is 114 cm³/mol. The number of hydrogen-bond donors (Lipinski definition) is 0. The summed E-state index contributed by atoms with van der Waals surface area (Å²) in [6.45, 7) is 0. The quantitative estimate of drug-likeness (QED) is 0.522. The molecule has 4 nitrogen and oxygen atoms in total. The number of halogens is 1. The van der Waals surface area contributed by atoms with E-state index in [1.807, 2.05) is 60.7 Å². The number of rotatable bonds is 5. The number of ether oxygens (including phenoxy) is 2. The van der Waals surface area contributed by atoms with Crippen molar-refractivity contribution in [1.29, 1.82) is 0 Å². The summed E-state index contributed by atoms with van der Waals surface area (Å²) in [5.74, 6) is 2.55. The number of hydrogen-bond acceptors (Lipinski definition) is 4. The fourth-order valence-electron chi connectivity index (χ4n) is 3.11. The first kappa shape index (κ1) is 18.7. The molecule has 4 rings (SSSR count). The lowest BCUT2D eigenvalue weighted by Gasteiger charge is -2.25. The van der Waals surface area contributed by atoms with Crippen LogP contribution in [0.15, 0.2) is 72.8 Å². The molecule has 0 unspecified atom stereocenters. The lowest BCUT2D eigenvalue weighted by atomic mass is 10.1. The van der Waals surface area contributed by atoms with E-state index in [4.69, 9.17) is 21.1 Å². The number of carbonyl (C=O) groups is 1. The molecule has 0 N–H and O–H groups in total. The van der Waals surface area contributed by atoms with Gasteiger partial charge in [-0.1, -0.05) is 41.9 Å². The number of benzene rings is 3. The Labute approximate surface area is 173 Å². The molecule has 28 heavy (non-hydrogen) atoms. The molecule has 3 aromatic carbocycles. The fraction of sp³-hybridized carbons (Fsp3) is 0.136. The molecule has 0 aliphatic carbocycles. The number of carbonyl (C=O) groups excluding carboxylic acids is 1. The molecular formula is C22H18ClNO3S. The number of anilines is 1. The summed E-state index contributed by atoms with van der Waals surface area (Å²) >= 11 is 7.86. The van der Waals surface area contributed by atoms with E-state index in [0.717, 1.165) is 22.7 Å². The monoisotopic (exact) mass is 411 g/mol. The first-order valence-electron chi connectivity index (χ1n) is 8.76. The summed E-state index contributed by atoms with van der Waals surface area (Å²) in [5, 5.41) is 0.334. The Morgan fingerprint density at radius 2 is 1.79 bits per heavy atom. The van der Waals surface area contributed by atoms with Crippen molar-refractivity contribution in [2.75, 3.05) is 17.8 Å². The van der Waals surface area contributed by atoms with E-state index in [-0.39, 0.29) is 11.3 Å². The second kappa shape index (κ2) is 8.17. The highest BCUT2D eigenvalue weighted by Crippen LogP contribution is 2.44. The predicted octanol–water partition coefficient (Wildman–Crippen LogP) is 5.92. The smallest absolute Gasteiger partial charge is 0.238 e. The van der Waals surface area contributed by atoms with E-state index in [1.165, 1.54) is 0 Å². The summed E-state index contributed by atoms with van der Waals surface area (Å²) < 4.78 is 11.2. The molecule has 0 bridgehead atoms. The van der Waals surface area contributed by atoms with Crippen molar-refractivity contribution in [3.05, 3.63) is 83.4 Å². The zero-order chi connectivity index (χ0) is 19.5. The summed E-state index contributed by atoms with van der Waals surface area (Å²) in [4.78, 5) is 14.4. The van der Waals surface area contributed by atoms with Crippen LogP contribution in [0, 0.1) is 0 Å². The minimum atomic E-state index is -0.142. The zero-order valence-corrected chi connectivity index (χ0v) is 16.7. The van der Waals surface area contributed by atoms with E-state index in [9.17, 15) is 4.79 Å². The van der Waals surface area contributed by atoms with Crippen LogP contribution in [-0.4, -0.2) is 18.8 Å². The van der Waals surface area contributed by atoms with Gasteiger partial charge in [0, 0.05) is 5.69 Å². The lowest BCUT2D eigenvalue weighted by molar-refractivity contribution is -0.115. The maximum absolute atomic E-state index is 12.6. The topological polar surface area (TPSA) is 38.8 Å². The maximum atomic E-state index is 12.6. The average Bonchev–Trinajstić information content (AvgIpc) is 3.10. The lowest BCUT2D eigenvalue weighted by Crippen LogP contribution is -2.27. The molecule has 1 aliphatic rings. The van der Waals surface area contributed by atoms with E-state index in [0.29, 0.717) is 16.5 Å². The van der Waals surface area contributed by atoms with E-state index in [2.05, 4.69) is 0 Å². The van der Waals surface area contributed by atoms with Gasteiger partial charge in [0.15, 0.2) is 0 Å². The van der Waals surface area contributed by atoms with Gasteiger partial charge in [-0.15, -0.1) is 11.8 Å². The molecule has 0 radical (unpaired) electrons. The molecule has 142 valence electrons. The fourth-order valence-corrected chi connectivity index (χ4v) is 4.53. The first-order valence-corrected chi connectivity index (χ1v) is 10.2. The van der Waals surface area contributed by atoms with Crippen molar-refractivity contribution in [3.8, 4) is 17.2 Å². The van der Waals surface area contributed by atoms with Crippen molar-refractivity contribution in [2.45, 2.75) is 5.37 Å². The van der Waals surface area contributed by atoms with Crippen molar-refractivity contribution in [2.24, 2.45) is 0 Å². The van der Waals surface area contributed by atoms with Gasteiger partial charge >= 0.3 is 0 Å². The molecular weight excluding hydrogens is 394 g/mol. The summed E-state index contributed by atoms with van der Waals surface area (Å²) in [7, 11) is 1.57. The SMILES string of the molecule is COc1ccc(N2C(=O)CS[C@H]2c2cccc(Oc3ccccc3)c2)cc1Cl. The van der Waals surface area contributed by atoms with Crippen molar-refractivity contribution >= 4 is 35.0 Å². The molecule has 0 aromatic heterocycles. The number of para-hydroxylation sites is 1. The van der Waals surface area contributed by atoms with Crippen LogP contribution in [-0.2, 0) is 4.79 Å². The van der Waals surface area contributed by atoms with Gasteiger partial charge in [0.05, 0.1) is 17.9 Å². The van der Waals surface area contributed by atoms with Gasteiger partial charge in [-0.2, -0.15) is 0 Å². The summed E-state index contributed by atoms with van der Waals surface area (Å²) in [6.07, 6.45) is 0. The largest absolute Gasteiger partial charge is 0.495 e. The number of amides is 1. The van der Waals surface area contributed by atoms with Gasteiger partial charge in [0.1, 0.15) is 22.6 Å². The van der Waals surface area contributed by atoms with Crippen LogP contribution in [0.4, 0.5) is 5.69 Å².